The maximum Gasteiger partial charge on any atom is 0.472 e. The predicted octanol–water partition coefficient (Wildman–Crippen LogP) is 9.18. The standard InChI is InChI=1S/C69H127O24P/c1-4-7-10-13-16-19-22-25-28-31-34-37-40-43-53(71)85-47-50(88-55(73)45-42-39-36-33-30-27-24-21-18-15-12-9-6-3)48-87-94(83,84)93-67-65(91-68-63(81)58(76)56(74)51(46-70)89-68)61(79)60(78)62(80)66(67)92-69-64(82)59(77)57(75)52(90-69)49-86-54(72)44-41-38-35-32-29-26-23-20-17-14-11-8-5-2/h25,28,50-52,56-70,74-82H,4-24,26-27,29-49H2,1-3H3,(H,83,84)/b28-25-. The number of aliphatic hydroxyl groups excluding tert-OH is 10. The van der Waals surface area contributed by atoms with Crippen molar-refractivity contribution in [2.75, 3.05) is 26.4 Å². The first kappa shape index (κ1) is 85.9. The molecule has 552 valence electrons. The van der Waals surface area contributed by atoms with Crippen LogP contribution in [0.15, 0.2) is 12.2 Å². The smallest absolute Gasteiger partial charge is 0.463 e. The molecule has 3 aliphatic rings. The van der Waals surface area contributed by atoms with Gasteiger partial charge in [-0.3, -0.25) is 23.4 Å². The molecular weight excluding hydrogens is 1240 g/mol. The molecule has 24 nitrogen and oxygen atoms in total. The summed E-state index contributed by atoms with van der Waals surface area (Å²) in [5.41, 5.74) is 0. The lowest BCUT2D eigenvalue weighted by atomic mass is 9.84. The van der Waals surface area contributed by atoms with E-state index in [2.05, 4.69) is 32.9 Å². The highest BCUT2D eigenvalue weighted by molar-refractivity contribution is 7.47. The second-order valence-corrected chi connectivity index (χ2v) is 27.7. The number of carbonyl (C=O) groups excluding carboxylic acids is 3. The number of aliphatic hydroxyl groups is 10. The van der Waals surface area contributed by atoms with Crippen molar-refractivity contribution < 1.29 is 117 Å². The van der Waals surface area contributed by atoms with Gasteiger partial charge in [0.05, 0.1) is 13.2 Å². The molecular formula is C69H127O24P. The summed E-state index contributed by atoms with van der Waals surface area (Å²) in [6.07, 6.45) is 8.71. The summed E-state index contributed by atoms with van der Waals surface area (Å²) in [6, 6.07) is 0. The van der Waals surface area contributed by atoms with Crippen molar-refractivity contribution in [1.29, 1.82) is 0 Å². The van der Waals surface area contributed by atoms with Gasteiger partial charge in [-0.1, -0.05) is 226 Å². The van der Waals surface area contributed by atoms with E-state index in [0.29, 0.717) is 19.3 Å². The minimum atomic E-state index is -5.69. The second kappa shape index (κ2) is 51.8. The number of carbonyl (C=O) groups is 3. The second-order valence-electron chi connectivity index (χ2n) is 26.3. The first-order valence-electron chi connectivity index (χ1n) is 36.5. The predicted molar refractivity (Wildman–Crippen MR) is 352 cm³/mol. The van der Waals surface area contributed by atoms with E-state index in [9.17, 15) is 74.9 Å². The molecule has 0 bridgehead atoms. The van der Waals surface area contributed by atoms with Gasteiger partial charge < -0.3 is 89.1 Å². The Kier molecular flexibility index (Phi) is 47.3. The van der Waals surface area contributed by atoms with Crippen molar-refractivity contribution in [3.05, 3.63) is 12.2 Å². The number of rotatable bonds is 56. The van der Waals surface area contributed by atoms with E-state index in [-0.39, 0.29) is 19.3 Å². The van der Waals surface area contributed by atoms with Crippen LogP contribution in [0.25, 0.3) is 0 Å². The van der Waals surface area contributed by atoms with Crippen LogP contribution in [-0.4, -0.2) is 204 Å². The van der Waals surface area contributed by atoms with E-state index < -0.39 is 156 Å². The zero-order valence-corrected chi connectivity index (χ0v) is 58.2. The van der Waals surface area contributed by atoms with Crippen molar-refractivity contribution in [1.82, 2.24) is 0 Å². The Morgan fingerprint density at radius 2 is 0.745 bits per heavy atom. The van der Waals surface area contributed by atoms with E-state index in [1.165, 1.54) is 122 Å². The van der Waals surface area contributed by atoms with E-state index in [1.54, 1.807) is 0 Å². The lowest BCUT2D eigenvalue weighted by Crippen LogP contribution is -2.69. The summed E-state index contributed by atoms with van der Waals surface area (Å²) in [5.74, 6) is -2.00. The van der Waals surface area contributed by atoms with Crippen LogP contribution in [0.3, 0.4) is 0 Å². The van der Waals surface area contributed by atoms with Gasteiger partial charge in [-0.2, -0.15) is 0 Å². The molecule has 18 unspecified atom stereocenters. The Labute approximate surface area is 561 Å². The zero-order chi connectivity index (χ0) is 68.9. The fourth-order valence-electron chi connectivity index (χ4n) is 12.0. The third kappa shape index (κ3) is 35.1. The van der Waals surface area contributed by atoms with Crippen LogP contribution in [-0.2, 0) is 61.2 Å². The van der Waals surface area contributed by atoms with Crippen LogP contribution in [0, 0.1) is 0 Å². The van der Waals surface area contributed by atoms with Gasteiger partial charge in [0.15, 0.2) is 18.7 Å². The molecule has 2 heterocycles. The van der Waals surface area contributed by atoms with E-state index >= 15 is 0 Å². The normalized spacial score (nSPS) is 28.3. The Morgan fingerprint density at radius 3 is 1.16 bits per heavy atom. The Balaban J connectivity index is 1.75. The van der Waals surface area contributed by atoms with Gasteiger partial charge in [-0.05, 0) is 44.9 Å². The van der Waals surface area contributed by atoms with E-state index in [4.69, 9.17) is 42.2 Å². The molecule has 0 aromatic rings. The van der Waals surface area contributed by atoms with Gasteiger partial charge in [0, 0.05) is 19.3 Å². The lowest BCUT2D eigenvalue weighted by Gasteiger charge is -2.49. The summed E-state index contributed by atoms with van der Waals surface area (Å²) < 4.78 is 64.9. The molecule has 11 N–H and O–H groups in total. The van der Waals surface area contributed by atoms with Gasteiger partial charge in [-0.25, -0.2) is 4.57 Å². The molecule has 2 saturated heterocycles. The minimum Gasteiger partial charge on any atom is -0.463 e. The third-order valence-electron chi connectivity index (χ3n) is 18.0. The molecule has 3 fully saturated rings. The van der Waals surface area contributed by atoms with Crippen molar-refractivity contribution in [3.63, 3.8) is 0 Å². The number of unbranched alkanes of at least 4 members (excludes halogenated alkanes) is 33. The Hall–Kier alpha value is -2.30. The highest BCUT2D eigenvalue weighted by Gasteiger charge is 2.58. The quantitative estimate of drug-likeness (QED) is 0.00888. The monoisotopic (exact) mass is 1370 g/mol. The number of hydrogen-bond acceptors (Lipinski definition) is 23. The van der Waals surface area contributed by atoms with Crippen LogP contribution in [0.4, 0.5) is 0 Å². The minimum absolute atomic E-state index is 0.0276. The Morgan fingerprint density at radius 1 is 0.404 bits per heavy atom. The number of hydrogen-bond donors (Lipinski definition) is 11. The zero-order valence-electron chi connectivity index (χ0n) is 57.3. The average molecular weight is 1370 g/mol. The maximum absolute atomic E-state index is 14.3. The van der Waals surface area contributed by atoms with Gasteiger partial charge in [-0.15, -0.1) is 0 Å². The lowest BCUT2D eigenvalue weighted by molar-refractivity contribution is -0.360. The molecule has 0 aromatic heterocycles. The molecule has 1 aliphatic carbocycles. The number of phosphoric acid groups is 1. The molecule has 0 amide bonds. The average Bonchev–Trinajstić information content (AvgIpc) is 0.765. The number of ether oxygens (including phenoxy) is 7. The van der Waals surface area contributed by atoms with Gasteiger partial charge in [0.25, 0.3) is 0 Å². The van der Waals surface area contributed by atoms with Crippen LogP contribution in [0.1, 0.15) is 278 Å². The molecule has 3 rings (SSSR count). The van der Waals surface area contributed by atoms with Crippen LogP contribution in [0.2, 0.25) is 0 Å². The van der Waals surface area contributed by atoms with Crippen molar-refractivity contribution in [3.8, 4) is 0 Å². The van der Waals surface area contributed by atoms with Crippen LogP contribution >= 0.6 is 7.82 Å². The molecule has 0 radical (unpaired) electrons. The van der Waals surface area contributed by atoms with Crippen molar-refractivity contribution in [2.45, 2.75) is 382 Å². The summed E-state index contributed by atoms with van der Waals surface area (Å²) in [4.78, 5) is 50.9. The van der Waals surface area contributed by atoms with Crippen molar-refractivity contribution >= 4 is 25.7 Å². The molecule has 25 heteroatoms. The highest BCUT2D eigenvalue weighted by atomic mass is 31.2. The molecule has 0 aromatic carbocycles. The molecule has 18 atom stereocenters. The SMILES string of the molecule is CCCCCCCC/C=C\CCCCCC(=O)OCC(COP(=O)(O)OC1C(OC2OC(CO)C(O)C(O)C2O)C(O)C(O)C(O)C1OC1OC(COC(=O)CCCCCCCCCCCCCCC)C(O)C(O)C1O)OC(=O)CCCCCCCCCCCCCCC. The summed E-state index contributed by atoms with van der Waals surface area (Å²) in [7, 11) is -5.69. The highest BCUT2D eigenvalue weighted by Crippen LogP contribution is 2.49. The number of esters is 3. The summed E-state index contributed by atoms with van der Waals surface area (Å²) in [6.45, 7) is 3.41. The van der Waals surface area contributed by atoms with Crippen molar-refractivity contribution in [2.24, 2.45) is 0 Å². The van der Waals surface area contributed by atoms with Gasteiger partial charge in [0.1, 0.15) is 98.7 Å². The largest absolute Gasteiger partial charge is 0.472 e. The van der Waals surface area contributed by atoms with Crippen LogP contribution in [0.5, 0.6) is 0 Å². The van der Waals surface area contributed by atoms with E-state index in [0.717, 1.165) is 96.3 Å². The first-order chi connectivity index (χ1) is 45.3. The Bertz CT molecular complexity index is 2010. The molecule has 94 heavy (non-hydrogen) atoms. The number of allylic oxidation sites excluding steroid dienone is 2. The topological polar surface area (TPSA) is 374 Å². The fourth-order valence-corrected chi connectivity index (χ4v) is 13.0. The molecule has 1 saturated carbocycles. The summed E-state index contributed by atoms with van der Waals surface area (Å²) in [5, 5.41) is 110. The maximum atomic E-state index is 14.3. The third-order valence-corrected chi connectivity index (χ3v) is 19.0. The summed E-state index contributed by atoms with van der Waals surface area (Å²) >= 11 is 0. The van der Waals surface area contributed by atoms with Crippen LogP contribution < -0.4 is 0 Å². The first-order valence-corrected chi connectivity index (χ1v) is 38.0. The van der Waals surface area contributed by atoms with E-state index in [1.807, 2.05) is 0 Å². The van der Waals surface area contributed by atoms with Gasteiger partial charge in [0.2, 0.25) is 0 Å². The fraction of sp³-hybridized carbons (Fsp3) is 0.928. The molecule has 0 spiro atoms. The molecule has 2 aliphatic heterocycles. The van der Waals surface area contributed by atoms with Gasteiger partial charge >= 0.3 is 25.7 Å². The number of phosphoric ester groups is 1.